The molecule has 0 atom stereocenters. The third-order valence-electron chi connectivity index (χ3n) is 4.45. The van der Waals surface area contributed by atoms with E-state index in [0.717, 1.165) is 31.7 Å². The lowest BCUT2D eigenvalue weighted by Crippen LogP contribution is -2.40. The van der Waals surface area contributed by atoms with E-state index in [1.54, 1.807) is 11.9 Å². The van der Waals surface area contributed by atoms with E-state index >= 15 is 0 Å². The van der Waals surface area contributed by atoms with E-state index in [1.165, 1.54) is 25.7 Å². The molecule has 0 saturated heterocycles. The van der Waals surface area contributed by atoms with Crippen molar-refractivity contribution in [2.45, 2.75) is 38.1 Å². The monoisotopic (exact) mass is 350 g/mol. The molecule has 1 amide bonds. The van der Waals surface area contributed by atoms with Crippen molar-refractivity contribution in [1.82, 2.24) is 4.90 Å². The Kier molecular flexibility index (Phi) is 6.32. The van der Waals surface area contributed by atoms with Gasteiger partial charge in [-0.3, -0.25) is 14.9 Å². The molecule has 0 unspecified atom stereocenters. The molecule has 0 N–H and O–H groups in total. The Morgan fingerprint density at radius 3 is 2.56 bits per heavy atom. The topological polar surface area (TPSA) is 99.0 Å². The fourth-order valence-electron chi connectivity index (χ4n) is 2.94. The zero-order chi connectivity index (χ0) is 18.4. The van der Waals surface area contributed by atoms with Gasteiger partial charge in [0, 0.05) is 19.2 Å². The Bertz CT molecular complexity index is 655. The number of nitrogens with zero attached hydrogens (tertiary/aromatic N) is 2. The van der Waals surface area contributed by atoms with Crippen molar-refractivity contribution in [1.29, 1.82) is 0 Å². The Morgan fingerprint density at radius 2 is 1.96 bits per heavy atom. The number of likely N-dealkylation sites (N-methyl/N-ethyl adjacent to an activating group) is 1. The van der Waals surface area contributed by atoms with Crippen LogP contribution in [0.15, 0.2) is 18.2 Å². The van der Waals surface area contributed by atoms with Crippen molar-refractivity contribution in [3.8, 4) is 5.75 Å². The fraction of sp³-hybridized carbons (Fsp3) is 0.529. The summed E-state index contributed by atoms with van der Waals surface area (Å²) in [7, 11) is 3.02. The number of esters is 1. The van der Waals surface area contributed by atoms with Crippen LogP contribution in [0.5, 0.6) is 5.75 Å². The van der Waals surface area contributed by atoms with Crippen LogP contribution < -0.4 is 4.74 Å². The maximum atomic E-state index is 12.2. The van der Waals surface area contributed by atoms with E-state index < -0.39 is 10.9 Å². The molecule has 0 aromatic heterocycles. The van der Waals surface area contributed by atoms with Gasteiger partial charge < -0.3 is 14.4 Å². The lowest BCUT2D eigenvalue weighted by Gasteiger charge is -2.31. The number of hydrogen-bond acceptors (Lipinski definition) is 6. The molecule has 1 aromatic carbocycles. The first-order valence-electron chi connectivity index (χ1n) is 8.19. The number of amides is 1. The third kappa shape index (κ3) is 4.68. The maximum absolute atomic E-state index is 12.2. The molecule has 136 valence electrons. The number of nitro benzene ring substituents is 1. The highest BCUT2D eigenvalue weighted by Crippen LogP contribution is 2.27. The molecule has 1 saturated carbocycles. The summed E-state index contributed by atoms with van der Waals surface area (Å²) < 4.78 is 9.90. The SMILES string of the molecule is COc1ccc(C(=O)OCC(=O)N(C)C2CCCCC2)cc1[N+](=O)[O-]. The van der Waals surface area contributed by atoms with Crippen LogP contribution in [0.2, 0.25) is 0 Å². The summed E-state index contributed by atoms with van der Waals surface area (Å²) in [6, 6.07) is 3.95. The molecule has 0 spiro atoms. The molecule has 8 nitrogen and oxygen atoms in total. The molecular formula is C17H22N2O6. The number of carbonyl (C=O) groups excluding carboxylic acids is 2. The minimum Gasteiger partial charge on any atom is -0.490 e. The van der Waals surface area contributed by atoms with Gasteiger partial charge in [-0.25, -0.2) is 4.79 Å². The van der Waals surface area contributed by atoms with Crippen LogP contribution in [-0.4, -0.2) is 48.5 Å². The molecule has 0 heterocycles. The summed E-state index contributed by atoms with van der Waals surface area (Å²) in [5.74, 6) is -1.01. The Balaban J connectivity index is 1.96. The first kappa shape index (κ1) is 18.7. The highest BCUT2D eigenvalue weighted by atomic mass is 16.6. The average molecular weight is 350 g/mol. The minimum atomic E-state index is -0.781. The van der Waals surface area contributed by atoms with Crippen LogP contribution in [0.3, 0.4) is 0 Å². The second-order valence-electron chi connectivity index (χ2n) is 6.02. The van der Waals surface area contributed by atoms with Gasteiger partial charge in [-0.05, 0) is 25.0 Å². The van der Waals surface area contributed by atoms with Gasteiger partial charge in [0.1, 0.15) is 0 Å². The summed E-state index contributed by atoms with van der Waals surface area (Å²) >= 11 is 0. The number of carbonyl (C=O) groups is 2. The van der Waals surface area contributed by atoms with Crippen LogP contribution in [0.4, 0.5) is 5.69 Å². The van der Waals surface area contributed by atoms with Crippen molar-refractivity contribution >= 4 is 17.6 Å². The normalized spacial score (nSPS) is 14.6. The van der Waals surface area contributed by atoms with E-state index in [9.17, 15) is 19.7 Å². The van der Waals surface area contributed by atoms with Crippen molar-refractivity contribution in [2.24, 2.45) is 0 Å². The lowest BCUT2D eigenvalue weighted by atomic mass is 9.94. The average Bonchev–Trinajstić information content (AvgIpc) is 2.65. The summed E-state index contributed by atoms with van der Waals surface area (Å²) in [4.78, 5) is 36.2. The second-order valence-corrected chi connectivity index (χ2v) is 6.02. The van der Waals surface area contributed by atoms with Crippen molar-refractivity contribution in [2.75, 3.05) is 20.8 Å². The molecule has 1 fully saturated rings. The summed E-state index contributed by atoms with van der Waals surface area (Å²) in [6.45, 7) is -0.383. The number of methoxy groups -OCH3 is 1. The van der Waals surface area contributed by atoms with Gasteiger partial charge in [-0.1, -0.05) is 19.3 Å². The number of benzene rings is 1. The molecular weight excluding hydrogens is 328 g/mol. The van der Waals surface area contributed by atoms with Gasteiger partial charge >= 0.3 is 11.7 Å². The van der Waals surface area contributed by atoms with Crippen molar-refractivity contribution in [3.05, 3.63) is 33.9 Å². The van der Waals surface area contributed by atoms with Gasteiger partial charge in [0.15, 0.2) is 12.4 Å². The van der Waals surface area contributed by atoms with Crippen LogP contribution in [0, 0.1) is 10.1 Å². The lowest BCUT2D eigenvalue weighted by molar-refractivity contribution is -0.385. The fourth-order valence-corrected chi connectivity index (χ4v) is 2.94. The predicted octanol–water partition coefficient (Wildman–Crippen LogP) is 2.55. The Labute approximate surface area is 145 Å². The third-order valence-corrected chi connectivity index (χ3v) is 4.45. The molecule has 1 aliphatic carbocycles. The van der Waals surface area contributed by atoms with Crippen LogP contribution in [0.1, 0.15) is 42.5 Å². The van der Waals surface area contributed by atoms with Crippen LogP contribution >= 0.6 is 0 Å². The number of ether oxygens (including phenoxy) is 2. The zero-order valence-electron chi connectivity index (χ0n) is 14.4. The largest absolute Gasteiger partial charge is 0.490 e. The highest BCUT2D eigenvalue weighted by molar-refractivity contribution is 5.92. The smallest absolute Gasteiger partial charge is 0.338 e. The summed E-state index contributed by atoms with van der Waals surface area (Å²) in [6.07, 6.45) is 5.29. The van der Waals surface area contributed by atoms with Crippen LogP contribution in [0.25, 0.3) is 0 Å². The Hall–Kier alpha value is -2.64. The van der Waals surface area contributed by atoms with Gasteiger partial charge in [-0.2, -0.15) is 0 Å². The molecule has 8 heteroatoms. The quantitative estimate of drug-likeness (QED) is 0.444. The predicted molar refractivity (Wildman–Crippen MR) is 89.6 cm³/mol. The molecule has 25 heavy (non-hydrogen) atoms. The van der Waals surface area contributed by atoms with Crippen LogP contribution in [-0.2, 0) is 9.53 Å². The van der Waals surface area contributed by atoms with Crippen molar-refractivity contribution < 1.29 is 24.0 Å². The Morgan fingerprint density at radius 1 is 1.28 bits per heavy atom. The number of nitro groups is 1. The van der Waals surface area contributed by atoms with E-state index in [4.69, 9.17) is 9.47 Å². The highest BCUT2D eigenvalue weighted by Gasteiger charge is 2.24. The van der Waals surface area contributed by atoms with E-state index in [-0.39, 0.29) is 35.6 Å². The molecule has 1 aliphatic rings. The van der Waals surface area contributed by atoms with Gasteiger partial charge in [-0.15, -0.1) is 0 Å². The van der Waals surface area contributed by atoms with Gasteiger partial charge in [0.25, 0.3) is 5.91 Å². The van der Waals surface area contributed by atoms with Gasteiger partial charge in [0.05, 0.1) is 17.6 Å². The number of hydrogen-bond donors (Lipinski definition) is 0. The number of rotatable bonds is 6. The first-order chi connectivity index (χ1) is 11.9. The molecule has 2 rings (SSSR count). The van der Waals surface area contributed by atoms with E-state index in [1.807, 2.05) is 0 Å². The van der Waals surface area contributed by atoms with Crippen molar-refractivity contribution in [3.63, 3.8) is 0 Å². The van der Waals surface area contributed by atoms with E-state index in [0.29, 0.717) is 0 Å². The van der Waals surface area contributed by atoms with Gasteiger partial charge in [0.2, 0.25) is 0 Å². The maximum Gasteiger partial charge on any atom is 0.338 e. The van der Waals surface area contributed by atoms with E-state index in [2.05, 4.69) is 0 Å². The zero-order valence-corrected chi connectivity index (χ0v) is 14.4. The molecule has 1 aromatic rings. The molecule has 0 radical (unpaired) electrons. The minimum absolute atomic E-state index is 0.000574. The summed E-state index contributed by atoms with van der Waals surface area (Å²) in [5, 5.41) is 11.0. The summed E-state index contributed by atoms with van der Waals surface area (Å²) in [5.41, 5.74) is -0.330. The standard InChI is InChI=1S/C17H22N2O6/c1-18(13-6-4-3-5-7-13)16(20)11-25-17(21)12-8-9-15(24-2)14(10-12)19(22)23/h8-10,13H,3-7,11H2,1-2H3. The first-order valence-corrected chi connectivity index (χ1v) is 8.19. The molecule has 0 bridgehead atoms. The molecule has 0 aliphatic heterocycles. The second kappa shape index (κ2) is 8.46.